The number of benzene rings is 1. The average molecular weight is 400 g/mol. The van der Waals surface area contributed by atoms with Crippen LogP contribution in [0, 0.1) is 6.92 Å². The largest absolute Gasteiger partial charge is 0.268 e. The van der Waals surface area contributed by atoms with E-state index in [1.807, 2.05) is 17.4 Å². The van der Waals surface area contributed by atoms with Gasteiger partial charge in [-0.3, -0.25) is 4.40 Å². The summed E-state index contributed by atoms with van der Waals surface area (Å²) in [4.78, 5) is 11.9. The first-order valence-electron chi connectivity index (χ1n) is 8.82. The third kappa shape index (κ3) is 2.23. The predicted molar refractivity (Wildman–Crippen MR) is 115 cm³/mol. The van der Waals surface area contributed by atoms with Gasteiger partial charge in [-0.2, -0.15) is 0 Å². The van der Waals surface area contributed by atoms with Crippen LogP contribution in [0.15, 0.2) is 60.2 Å². The van der Waals surface area contributed by atoms with Gasteiger partial charge < -0.3 is 0 Å². The fourth-order valence-corrected chi connectivity index (χ4v) is 5.35. The highest BCUT2D eigenvalue weighted by Gasteiger charge is 2.19. The zero-order valence-electron chi connectivity index (χ0n) is 14.8. The average Bonchev–Trinajstić information content (AvgIpc) is 3.46. The van der Waals surface area contributed by atoms with Crippen molar-refractivity contribution in [1.29, 1.82) is 0 Å². The van der Waals surface area contributed by atoms with Crippen LogP contribution in [-0.2, 0) is 0 Å². The van der Waals surface area contributed by atoms with Gasteiger partial charge >= 0.3 is 0 Å². The Hall–Kier alpha value is -3.16. The zero-order chi connectivity index (χ0) is 18.7. The molecular formula is C21H13N5S2. The topological polar surface area (TPSA) is 56.0 Å². The predicted octanol–water partition coefficient (Wildman–Crippen LogP) is 5.59. The van der Waals surface area contributed by atoms with Crippen LogP contribution in [-0.4, -0.2) is 24.6 Å². The summed E-state index contributed by atoms with van der Waals surface area (Å²) in [5.74, 6) is 0.831. The second kappa shape index (κ2) is 5.92. The number of fused-ring (bicyclic) bond motifs is 5. The Kier molecular flexibility index (Phi) is 3.35. The summed E-state index contributed by atoms with van der Waals surface area (Å²) in [7, 11) is 0. The molecule has 0 amide bonds. The normalized spacial score (nSPS) is 11.8. The minimum Gasteiger partial charge on any atom is -0.268 e. The monoisotopic (exact) mass is 399 g/mol. The van der Waals surface area contributed by atoms with Crippen LogP contribution in [0.5, 0.6) is 0 Å². The minimum atomic E-state index is 0.831. The third-order valence-corrected chi connectivity index (χ3v) is 6.83. The standard InChI is InChI=1S/C21H13N5S2/c1-12-24-25-20-19-18(22-11-26(12)20)17-14(13-6-3-2-4-7-13)10-15(23-21(17)28-19)16-8-5-9-27-16/h2-11H,1H3. The molecule has 1 aromatic carbocycles. The Bertz CT molecular complexity index is 1460. The van der Waals surface area contributed by atoms with E-state index in [1.54, 1.807) is 29.0 Å². The first-order valence-corrected chi connectivity index (χ1v) is 10.5. The molecule has 5 heterocycles. The van der Waals surface area contributed by atoms with E-state index in [1.165, 1.54) is 0 Å². The Labute approximate surface area is 168 Å². The van der Waals surface area contributed by atoms with E-state index in [4.69, 9.17) is 9.97 Å². The van der Waals surface area contributed by atoms with E-state index >= 15 is 0 Å². The van der Waals surface area contributed by atoms with Crippen molar-refractivity contribution in [1.82, 2.24) is 24.6 Å². The Morgan fingerprint density at radius 2 is 1.89 bits per heavy atom. The molecule has 0 N–H and O–H groups in total. The van der Waals surface area contributed by atoms with Crippen LogP contribution in [0.3, 0.4) is 0 Å². The van der Waals surface area contributed by atoms with Crippen molar-refractivity contribution < 1.29 is 0 Å². The Morgan fingerprint density at radius 3 is 2.71 bits per heavy atom. The number of thiophene rings is 2. The Balaban J connectivity index is 1.78. The highest BCUT2D eigenvalue weighted by Crippen LogP contribution is 2.41. The van der Waals surface area contributed by atoms with Crippen LogP contribution in [0.1, 0.15) is 5.82 Å². The summed E-state index contributed by atoms with van der Waals surface area (Å²) in [6.45, 7) is 1.93. The number of aromatic nitrogens is 5. The molecule has 0 radical (unpaired) electrons. The number of aryl methyl sites for hydroxylation is 1. The molecule has 5 aromatic heterocycles. The third-order valence-electron chi connectivity index (χ3n) is 4.87. The number of hydrogen-bond donors (Lipinski definition) is 0. The van der Waals surface area contributed by atoms with Gasteiger partial charge in [-0.05, 0) is 35.6 Å². The zero-order valence-corrected chi connectivity index (χ0v) is 16.5. The van der Waals surface area contributed by atoms with Gasteiger partial charge in [0, 0.05) is 5.39 Å². The number of nitrogens with zero attached hydrogens (tertiary/aromatic N) is 5. The molecule has 5 nitrogen and oxygen atoms in total. The summed E-state index contributed by atoms with van der Waals surface area (Å²) in [5, 5.41) is 11.7. The van der Waals surface area contributed by atoms with Crippen molar-refractivity contribution in [3.63, 3.8) is 0 Å². The molecule has 0 unspecified atom stereocenters. The second-order valence-electron chi connectivity index (χ2n) is 6.54. The molecule has 0 fully saturated rings. The maximum atomic E-state index is 4.99. The van der Waals surface area contributed by atoms with Gasteiger partial charge in [0.2, 0.25) is 0 Å². The summed E-state index contributed by atoms with van der Waals surface area (Å²) >= 11 is 3.33. The summed E-state index contributed by atoms with van der Waals surface area (Å²) in [5.41, 5.74) is 5.06. The highest BCUT2D eigenvalue weighted by molar-refractivity contribution is 7.26. The van der Waals surface area contributed by atoms with Crippen LogP contribution in [0.4, 0.5) is 0 Å². The number of pyridine rings is 1. The van der Waals surface area contributed by atoms with Crippen molar-refractivity contribution in [2.45, 2.75) is 6.92 Å². The molecule has 0 aliphatic heterocycles. The van der Waals surface area contributed by atoms with E-state index in [9.17, 15) is 0 Å². The quantitative estimate of drug-likeness (QED) is 0.381. The maximum absolute atomic E-state index is 4.99. The molecule has 28 heavy (non-hydrogen) atoms. The van der Waals surface area contributed by atoms with Gasteiger partial charge in [0.05, 0.1) is 16.1 Å². The fourth-order valence-electron chi connectivity index (χ4n) is 3.53. The van der Waals surface area contributed by atoms with E-state index in [0.29, 0.717) is 0 Å². The van der Waals surface area contributed by atoms with Crippen molar-refractivity contribution in [3.8, 4) is 21.7 Å². The summed E-state index contributed by atoms with van der Waals surface area (Å²) in [6.07, 6.45) is 1.81. The molecule has 0 bridgehead atoms. The van der Waals surface area contributed by atoms with E-state index < -0.39 is 0 Å². The van der Waals surface area contributed by atoms with Gasteiger partial charge in [-0.25, -0.2) is 9.97 Å². The molecule has 0 atom stereocenters. The molecule has 0 saturated heterocycles. The van der Waals surface area contributed by atoms with Gasteiger partial charge in [-0.15, -0.1) is 32.9 Å². The number of rotatable bonds is 2. The van der Waals surface area contributed by atoms with E-state index in [0.717, 1.165) is 53.6 Å². The van der Waals surface area contributed by atoms with Crippen molar-refractivity contribution in [2.75, 3.05) is 0 Å². The first-order chi connectivity index (χ1) is 13.8. The lowest BCUT2D eigenvalue weighted by Gasteiger charge is -2.07. The summed E-state index contributed by atoms with van der Waals surface area (Å²) < 4.78 is 2.95. The van der Waals surface area contributed by atoms with Crippen molar-refractivity contribution in [3.05, 3.63) is 66.1 Å². The lowest BCUT2D eigenvalue weighted by atomic mass is 10.0. The minimum absolute atomic E-state index is 0.831. The maximum Gasteiger partial charge on any atom is 0.181 e. The molecule has 0 aliphatic rings. The molecule has 0 spiro atoms. The summed E-state index contributed by atoms with van der Waals surface area (Å²) in [6, 6.07) is 16.8. The first kappa shape index (κ1) is 15.9. The van der Waals surface area contributed by atoms with Crippen molar-refractivity contribution in [2.24, 2.45) is 0 Å². The van der Waals surface area contributed by atoms with Crippen LogP contribution in [0.25, 0.3) is 47.8 Å². The van der Waals surface area contributed by atoms with Gasteiger partial charge in [-0.1, -0.05) is 36.4 Å². The van der Waals surface area contributed by atoms with Crippen LogP contribution >= 0.6 is 22.7 Å². The lowest BCUT2D eigenvalue weighted by molar-refractivity contribution is 0.990. The second-order valence-corrected chi connectivity index (χ2v) is 8.49. The molecule has 134 valence electrons. The van der Waals surface area contributed by atoms with Gasteiger partial charge in [0.15, 0.2) is 5.65 Å². The molecule has 0 aliphatic carbocycles. The SMILES string of the molecule is Cc1nnc2c3sc4nc(-c5cccs5)cc(-c5ccccc5)c4c3ncn12. The molecule has 0 saturated carbocycles. The van der Waals surface area contributed by atoms with Gasteiger partial charge in [0.25, 0.3) is 0 Å². The Morgan fingerprint density at radius 1 is 1.00 bits per heavy atom. The van der Waals surface area contributed by atoms with Crippen molar-refractivity contribution >= 4 is 48.8 Å². The van der Waals surface area contributed by atoms with E-state index in [2.05, 4.69) is 58.0 Å². The van der Waals surface area contributed by atoms with Crippen LogP contribution < -0.4 is 0 Å². The molecular weight excluding hydrogens is 386 g/mol. The number of hydrogen-bond acceptors (Lipinski definition) is 6. The van der Waals surface area contributed by atoms with Gasteiger partial charge in [0.1, 0.15) is 21.7 Å². The smallest absolute Gasteiger partial charge is 0.181 e. The lowest BCUT2D eigenvalue weighted by Crippen LogP contribution is -1.90. The van der Waals surface area contributed by atoms with Crippen LogP contribution in [0.2, 0.25) is 0 Å². The molecule has 7 heteroatoms. The fraction of sp³-hybridized carbons (Fsp3) is 0.0476. The molecule has 6 rings (SSSR count). The molecule has 6 aromatic rings. The van der Waals surface area contributed by atoms with E-state index in [-0.39, 0.29) is 0 Å². The highest BCUT2D eigenvalue weighted by atomic mass is 32.1.